The second kappa shape index (κ2) is 6.65. The van der Waals surface area contributed by atoms with Crippen molar-refractivity contribution in [2.45, 2.75) is 38.0 Å². The summed E-state index contributed by atoms with van der Waals surface area (Å²) >= 11 is 1.91. The minimum absolute atomic E-state index is 0.0856. The monoisotopic (exact) mass is 396 g/mol. The maximum Gasteiger partial charge on any atom is 0.397 e. The lowest BCUT2D eigenvalue weighted by Gasteiger charge is -2.32. The predicted octanol–water partition coefficient (Wildman–Crippen LogP) is 6.68. The lowest BCUT2D eigenvalue weighted by molar-refractivity contribution is 0.0938. The zero-order valence-corrected chi connectivity index (χ0v) is 18.2. The van der Waals surface area contributed by atoms with Crippen LogP contribution in [0.2, 0.25) is 0 Å². The molecule has 29 heavy (non-hydrogen) atoms. The maximum absolute atomic E-state index is 6.39. The number of hydrogen-bond acceptors (Lipinski definition) is 2. The fourth-order valence-corrected chi connectivity index (χ4v) is 5.54. The Labute approximate surface area is 177 Å². The first-order valence-electron chi connectivity index (χ1n) is 10.2. The van der Waals surface area contributed by atoms with Crippen LogP contribution in [0.25, 0.3) is 32.7 Å². The molecule has 1 nitrogen and oxygen atoms in total. The van der Waals surface area contributed by atoms with Crippen molar-refractivity contribution < 1.29 is 4.65 Å². The van der Waals surface area contributed by atoms with Crippen LogP contribution in [0.15, 0.2) is 78.9 Å². The first-order chi connectivity index (χ1) is 13.9. The lowest BCUT2D eigenvalue weighted by Crippen LogP contribution is -2.39. The summed E-state index contributed by atoms with van der Waals surface area (Å²) < 4.78 is 6.47. The minimum Gasteiger partial charge on any atom is -0.416 e. The normalized spacial score (nSPS) is 17.9. The van der Waals surface area contributed by atoms with E-state index in [2.05, 4.69) is 107 Å². The highest BCUT2D eigenvalue weighted by atomic mass is 32.2. The fraction of sp³-hybridized carbons (Fsp3) is 0.231. The highest BCUT2D eigenvalue weighted by Crippen LogP contribution is 2.46. The third kappa shape index (κ3) is 3.08. The fourth-order valence-electron chi connectivity index (χ4n) is 4.09. The van der Waals surface area contributed by atoms with E-state index in [1.54, 1.807) is 0 Å². The molecular weight excluding hydrogens is 371 g/mol. The van der Waals surface area contributed by atoms with Crippen LogP contribution in [0, 0.1) is 0 Å². The van der Waals surface area contributed by atoms with Crippen molar-refractivity contribution in [1.82, 2.24) is 0 Å². The molecule has 1 aliphatic rings. The van der Waals surface area contributed by atoms with E-state index < -0.39 is 0 Å². The largest absolute Gasteiger partial charge is 0.416 e. The molecule has 0 N–H and O–H groups in total. The van der Waals surface area contributed by atoms with E-state index in [0.29, 0.717) is 0 Å². The molecule has 0 spiro atoms. The van der Waals surface area contributed by atoms with Crippen molar-refractivity contribution in [3.8, 4) is 11.1 Å². The molecule has 0 aliphatic carbocycles. The Hall–Kier alpha value is -2.23. The van der Waals surface area contributed by atoms with E-state index in [1.165, 1.54) is 38.1 Å². The zero-order chi connectivity index (χ0) is 20.2. The first-order valence-corrected chi connectivity index (χ1v) is 11.1. The number of benzene rings is 4. The standard InChI is InChI=1S/C26H25BOS/c1-25(2)26(3,4)29-27(28-25)20-15-13-18(14-16-20)24-17-19-9-5-6-10-21(19)22-11-7-8-12-23(22)24/h5-17H,1-4H3. The third-order valence-electron chi connectivity index (χ3n) is 6.52. The molecule has 1 aliphatic heterocycles. The van der Waals surface area contributed by atoms with Gasteiger partial charge in [0.1, 0.15) is 0 Å². The Morgan fingerprint density at radius 3 is 2.00 bits per heavy atom. The molecule has 0 bridgehead atoms. The summed E-state index contributed by atoms with van der Waals surface area (Å²) in [4.78, 5) is 0. The molecule has 1 saturated heterocycles. The Kier molecular flexibility index (Phi) is 4.31. The van der Waals surface area contributed by atoms with Gasteiger partial charge in [0.15, 0.2) is 0 Å². The predicted molar refractivity (Wildman–Crippen MR) is 129 cm³/mol. The van der Waals surface area contributed by atoms with Crippen molar-refractivity contribution >= 4 is 44.8 Å². The Balaban J connectivity index is 1.58. The molecule has 3 heteroatoms. The molecule has 4 aromatic carbocycles. The second-order valence-corrected chi connectivity index (χ2v) is 10.6. The van der Waals surface area contributed by atoms with Gasteiger partial charge >= 0.3 is 6.19 Å². The van der Waals surface area contributed by atoms with E-state index in [9.17, 15) is 0 Å². The Bertz CT molecular complexity index is 1190. The average Bonchev–Trinajstić information content (AvgIpc) is 2.95. The van der Waals surface area contributed by atoms with Crippen molar-refractivity contribution in [3.63, 3.8) is 0 Å². The van der Waals surface area contributed by atoms with Crippen LogP contribution in [0.5, 0.6) is 0 Å². The SMILES string of the molecule is CC1(C)OB(c2ccc(-c3cc4ccccc4c4ccccc34)cc2)SC1(C)C. The van der Waals surface area contributed by atoms with E-state index in [1.807, 2.05) is 11.6 Å². The van der Waals surface area contributed by atoms with Crippen molar-refractivity contribution in [2.75, 3.05) is 0 Å². The van der Waals surface area contributed by atoms with Crippen LogP contribution in [0.3, 0.4) is 0 Å². The molecule has 0 saturated carbocycles. The summed E-state index contributed by atoms with van der Waals surface area (Å²) in [7, 11) is 0. The second-order valence-electron chi connectivity index (χ2n) is 8.90. The van der Waals surface area contributed by atoms with Crippen molar-refractivity contribution in [3.05, 3.63) is 78.9 Å². The summed E-state index contributed by atoms with van der Waals surface area (Å²) in [5.74, 6) is 0. The van der Waals surface area contributed by atoms with Gasteiger partial charge in [-0.3, -0.25) is 0 Å². The summed E-state index contributed by atoms with van der Waals surface area (Å²) in [5.41, 5.74) is 3.63. The highest BCUT2D eigenvalue weighted by molar-refractivity contribution is 8.27. The molecule has 0 atom stereocenters. The van der Waals surface area contributed by atoms with Crippen LogP contribution in [0.4, 0.5) is 0 Å². The van der Waals surface area contributed by atoms with Crippen LogP contribution >= 0.6 is 11.6 Å². The first kappa shape index (κ1) is 18.8. The molecule has 0 aromatic heterocycles. The van der Waals surface area contributed by atoms with E-state index >= 15 is 0 Å². The van der Waals surface area contributed by atoms with Gasteiger partial charge in [0.2, 0.25) is 0 Å². The number of hydrogen-bond donors (Lipinski definition) is 0. The summed E-state index contributed by atoms with van der Waals surface area (Å²) in [5, 5.41) is 5.20. The van der Waals surface area contributed by atoms with Gasteiger partial charge in [-0.25, -0.2) is 0 Å². The van der Waals surface area contributed by atoms with Crippen LogP contribution < -0.4 is 5.46 Å². The molecular formula is C26H25BOS. The smallest absolute Gasteiger partial charge is 0.397 e. The lowest BCUT2D eigenvalue weighted by atomic mass is 9.82. The van der Waals surface area contributed by atoms with Crippen LogP contribution in [-0.4, -0.2) is 16.5 Å². The van der Waals surface area contributed by atoms with Crippen molar-refractivity contribution in [1.29, 1.82) is 0 Å². The minimum atomic E-state index is -0.143. The summed E-state index contributed by atoms with van der Waals surface area (Å²) in [6, 6.07) is 28.6. The van der Waals surface area contributed by atoms with E-state index in [0.717, 1.165) is 0 Å². The molecule has 0 amide bonds. The molecule has 0 unspecified atom stereocenters. The van der Waals surface area contributed by atoms with Gasteiger partial charge < -0.3 is 4.65 Å². The molecule has 5 rings (SSSR count). The molecule has 144 valence electrons. The van der Waals surface area contributed by atoms with Crippen molar-refractivity contribution in [2.24, 2.45) is 0 Å². The zero-order valence-electron chi connectivity index (χ0n) is 17.4. The van der Waals surface area contributed by atoms with Gasteiger partial charge in [-0.2, -0.15) is 11.6 Å². The highest BCUT2D eigenvalue weighted by Gasteiger charge is 2.50. The van der Waals surface area contributed by atoms with Gasteiger partial charge in [-0.1, -0.05) is 72.8 Å². The number of rotatable bonds is 2. The summed E-state index contributed by atoms with van der Waals surface area (Å²) in [6.45, 7) is 8.92. The Morgan fingerprint density at radius 1 is 0.724 bits per heavy atom. The molecule has 4 aromatic rings. The van der Waals surface area contributed by atoms with Gasteiger partial charge in [0.05, 0.1) is 5.60 Å². The van der Waals surface area contributed by atoms with E-state index in [4.69, 9.17) is 4.65 Å². The molecule has 1 heterocycles. The Morgan fingerprint density at radius 2 is 1.34 bits per heavy atom. The van der Waals surface area contributed by atoms with Crippen LogP contribution in [0.1, 0.15) is 27.7 Å². The van der Waals surface area contributed by atoms with E-state index in [-0.39, 0.29) is 16.5 Å². The van der Waals surface area contributed by atoms with Gasteiger partial charge in [0, 0.05) is 4.75 Å². The third-order valence-corrected chi connectivity index (χ3v) is 8.18. The topological polar surface area (TPSA) is 9.23 Å². The van der Waals surface area contributed by atoms with Gasteiger partial charge in [-0.05, 0) is 71.9 Å². The molecule has 0 radical (unpaired) electrons. The van der Waals surface area contributed by atoms with Gasteiger partial charge in [0.25, 0.3) is 0 Å². The average molecular weight is 396 g/mol. The molecule has 1 fully saturated rings. The van der Waals surface area contributed by atoms with Crippen LogP contribution in [-0.2, 0) is 4.65 Å². The summed E-state index contributed by atoms with van der Waals surface area (Å²) in [6.07, 6.45) is 0.0856. The van der Waals surface area contributed by atoms with Gasteiger partial charge in [-0.15, -0.1) is 0 Å². The maximum atomic E-state index is 6.39. The number of fused-ring (bicyclic) bond motifs is 3. The quantitative estimate of drug-likeness (QED) is 0.276.